The van der Waals surface area contributed by atoms with Crippen LogP contribution in [0.25, 0.3) is 0 Å². The van der Waals surface area contributed by atoms with Gasteiger partial charge in [-0.2, -0.15) is 10.5 Å². The quantitative estimate of drug-likeness (QED) is 0.0765. The van der Waals surface area contributed by atoms with Gasteiger partial charge in [0, 0.05) is 22.3 Å². The Bertz CT molecular complexity index is 2750. The number of hydrogen-bond donors (Lipinski definition) is 0. The Kier molecular flexibility index (Phi) is 11.5. The van der Waals surface area contributed by atoms with Gasteiger partial charge < -0.3 is 9.47 Å². The van der Waals surface area contributed by atoms with Crippen molar-refractivity contribution in [3.05, 3.63) is 225 Å². The molecule has 0 aliphatic heterocycles. The van der Waals surface area contributed by atoms with Crippen LogP contribution in [0.15, 0.2) is 170 Å². The van der Waals surface area contributed by atoms with Crippen LogP contribution in [-0.2, 0) is 0 Å². The van der Waals surface area contributed by atoms with Crippen LogP contribution in [0.4, 0.5) is 0 Å². The number of benzene rings is 7. The Balaban J connectivity index is 1.14. The number of nitriles is 2. The first-order chi connectivity index (χ1) is 29.2. The van der Waals surface area contributed by atoms with E-state index >= 15 is 0 Å². The van der Waals surface area contributed by atoms with E-state index in [9.17, 15) is 28.8 Å². The SMILES string of the molecule is N#Cc1ccc(C(=O)c2ccccc2Oc2ccccc2C(=O)C(=O)c2ccccc2C(=O)C(=O)c2ccccc2Oc2ccccc2C(=O)c2ccc(C#N)cc2)cc1. The molecule has 286 valence electrons. The van der Waals surface area contributed by atoms with Crippen LogP contribution < -0.4 is 9.47 Å². The zero-order chi connectivity index (χ0) is 42.2. The van der Waals surface area contributed by atoms with Gasteiger partial charge in [0.05, 0.1) is 45.5 Å². The fraction of sp³-hybridized carbons (Fsp3) is 0. The molecule has 7 aromatic rings. The predicted octanol–water partition coefficient (Wildman–Crippen LogP) is 9.61. The van der Waals surface area contributed by atoms with Crippen LogP contribution in [0.3, 0.4) is 0 Å². The summed E-state index contributed by atoms with van der Waals surface area (Å²) in [4.78, 5) is 82.9. The van der Waals surface area contributed by atoms with E-state index in [4.69, 9.17) is 20.0 Å². The first kappa shape index (κ1) is 39.4. The molecule has 10 nitrogen and oxygen atoms in total. The molecule has 0 aliphatic carbocycles. The number of para-hydroxylation sites is 4. The van der Waals surface area contributed by atoms with Crippen LogP contribution in [-0.4, -0.2) is 34.7 Å². The van der Waals surface area contributed by atoms with Crippen molar-refractivity contribution in [3.63, 3.8) is 0 Å². The lowest BCUT2D eigenvalue weighted by Crippen LogP contribution is -2.22. The molecule has 0 N–H and O–H groups in total. The van der Waals surface area contributed by atoms with Gasteiger partial charge in [-0.1, -0.05) is 72.8 Å². The molecule has 0 radical (unpaired) electrons. The minimum absolute atomic E-state index is 0.0418. The van der Waals surface area contributed by atoms with Crippen LogP contribution in [0.1, 0.15) is 84.4 Å². The molecule has 0 saturated heterocycles. The highest BCUT2D eigenvalue weighted by atomic mass is 16.5. The van der Waals surface area contributed by atoms with E-state index < -0.39 is 34.7 Å². The Morgan fingerprint density at radius 3 is 0.883 bits per heavy atom. The second-order valence-corrected chi connectivity index (χ2v) is 13.1. The van der Waals surface area contributed by atoms with Gasteiger partial charge in [0.25, 0.3) is 0 Å². The van der Waals surface area contributed by atoms with E-state index in [0.717, 1.165) is 0 Å². The van der Waals surface area contributed by atoms with Gasteiger partial charge in [-0.25, -0.2) is 0 Å². The van der Waals surface area contributed by atoms with Crippen molar-refractivity contribution in [3.8, 4) is 35.1 Å². The number of rotatable bonds is 14. The van der Waals surface area contributed by atoms with E-state index in [2.05, 4.69) is 0 Å². The number of hydrogen-bond acceptors (Lipinski definition) is 10. The summed E-state index contributed by atoms with van der Waals surface area (Å²) in [5, 5.41) is 18.3. The Hall–Kier alpha value is -8.86. The number of Topliss-reactive ketones (excluding diaryl/α,β-unsaturated/α-hetero) is 4. The smallest absolute Gasteiger partial charge is 0.237 e. The second-order valence-electron chi connectivity index (χ2n) is 13.1. The highest BCUT2D eigenvalue weighted by Crippen LogP contribution is 2.33. The summed E-state index contributed by atoms with van der Waals surface area (Å²) in [6.07, 6.45) is 0. The van der Waals surface area contributed by atoms with E-state index in [0.29, 0.717) is 22.3 Å². The molecule has 0 amide bonds. The fourth-order valence-electron chi connectivity index (χ4n) is 6.28. The Morgan fingerprint density at radius 2 is 0.567 bits per heavy atom. The largest absolute Gasteiger partial charge is 0.456 e. The molecule has 0 saturated carbocycles. The van der Waals surface area contributed by atoms with Gasteiger partial charge in [0.15, 0.2) is 11.6 Å². The highest BCUT2D eigenvalue weighted by Gasteiger charge is 2.30. The molecule has 0 bridgehead atoms. The van der Waals surface area contributed by atoms with Crippen LogP contribution in [0.2, 0.25) is 0 Å². The van der Waals surface area contributed by atoms with Crippen molar-refractivity contribution < 1.29 is 38.2 Å². The lowest BCUT2D eigenvalue weighted by atomic mass is 9.92. The monoisotopic (exact) mass is 784 g/mol. The van der Waals surface area contributed by atoms with Crippen LogP contribution >= 0.6 is 0 Å². The van der Waals surface area contributed by atoms with E-state index in [1.807, 2.05) is 12.1 Å². The van der Waals surface area contributed by atoms with Gasteiger partial charge >= 0.3 is 0 Å². The zero-order valence-electron chi connectivity index (χ0n) is 31.3. The van der Waals surface area contributed by atoms with Crippen LogP contribution in [0.5, 0.6) is 23.0 Å². The average molecular weight is 785 g/mol. The molecule has 7 rings (SSSR count). The van der Waals surface area contributed by atoms with E-state index in [-0.39, 0.29) is 56.4 Å². The van der Waals surface area contributed by atoms with Gasteiger partial charge in [0.1, 0.15) is 23.0 Å². The van der Waals surface area contributed by atoms with Crippen molar-refractivity contribution in [2.75, 3.05) is 0 Å². The summed E-state index contributed by atoms with van der Waals surface area (Å²) in [5.74, 6) is -4.96. The second kappa shape index (κ2) is 17.5. The summed E-state index contributed by atoms with van der Waals surface area (Å²) < 4.78 is 12.2. The number of ether oxygens (including phenoxy) is 2. The number of carbonyl (C=O) groups is 6. The molecule has 0 atom stereocenters. The standard InChI is InChI=1S/C50H28N2O8/c51-29-31-21-25-33(26-22-31)45(53)37-13-3-7-17-41(37)59-43-19-9-5-15-39(43)49(57)47(55)35-11-1-2-12-36(35)48(56)50(58)40-16-6-10-20-44(40)60-42-18-8-4-14-38(42)46(54)34-27-23-32(30-52)24-28-34/h1-28H. The number of ketones is 6. The molecule has 0 fully saturated rings. The highest BCUT2D eigenvalue weighted by molar-refractivity contribution is 6.55. The van der Waals surface area contributed by atoms with Gasteiger partial charge in [-0.3, -0.25) is 28.8 Å². The van der Waals surface area contributed by atoms with Gasteiger partial charge in [-0.05, 0) is 97.1 Å². The average Bonchev–Trinajstić information content (AvgIpc) is 3.31. The summed E-state index contributed by atoms with van der Waals surface area (Å²) in [7, 11) is 0. The normalized spacial score (nSPS) is 10.4. The zero-order valence-corrected chi connectivity index (χ0v) is 31.3. The molecule has 0 unspecified atom stereocenters. The van der Waals surface area contributed by atoms with Crippen molar-refractivity contribution in [2.45, 2.75) is 0 Å². The summed E-state index contributed by atoms with van der Waals surface area (Å²) >= 11 is 0. The first-order valence-electron chi connectivity index (χ1n) is 18.3. The third-order valence-electron chi connectivity index (χ3n) is 9.35. The van der Waals surface area contributed by atoms with Crippen molar-refractivity contribution in [2.24, 2.45) is 0 Å². The molecule has 0 spiro atoms. The third kappa shape index (κ3) is 8.16. The summed E-state index contributed by atoms with van der Waals surface area (Å²) in [6.45, 7) is 0. The summed E-state index contributed by atoms with van der Waals surface area (Å²) in [6, 6.07) is 46.2. The maximum absolute atomic E-state index is 14.0. The molecule has 0 aromatic heterocycles. The Morgan fingerprint density at radius 1 is 0.317 bits per heavy atom. The molecular formula is C50H28N2O8. The fourth-order valence-corrected chi connectivity index (χ4v) is 6.28. The summed E-state index contributed by atoms with van der Waals surface area (Å²) in [5.41, 5.74) is 0.707. The molecule has 0 heterocycles. The first-order valence-corrected chi connectivity index (χ1v) is 18.3. The molecule has 7 aromatic carbocycles. The maximum atomic E-state index is 14.0. The molecule has 10 heteroatoms. The minimum Gasteiger partial charge on any atom is -0.456 e. The van der Waals surface area contributed by atoms with Crippen molar-refractivity contribution >= 4 is 34.7 Å². The minimum atomic E-state index is -1.09. The Labute approximate surface area is 343 Å². The molecule has 60 heavy (non-hydrogen) atoms. The van der Waals surface area contributed by atoms with E-state index in [1.54, 1.807) is 48.5 Å². The molecular weight excluding hydrogens is 757 g/mol. The van der Waals surface area contributed by atoms with Crippen LogP contribution in [0, 0.1) is 22.7 Å². The third-order valence-corrected chi connectivity index (χ3v) is 9.35. The van der Waals surface area contributed by atoms with Gasteiger partial charge in [0.2, 0.25) is 23.1 Å². The van der Waals surface area contributed by atoms with Gasteiger partial charge in [-0.15, -0.1) is 0 Å². The van der Waals surface area contributed by atoms with E-state index in [1.165, 1.54) is 121 Å². The number of carbonyl (C=O) groups excluding carboxylic acids is 6. The molecule has 0 aliphatic rings. The topological polar surface area (TPSA) is 168 Å². The predicted molar refractivity (Wildman–Crippen MR) is 219 cm³/mol. The lowest BCUT2D eigenvalue weighted by Gasteiger charge is -2.14. The maximum Gasteiger partial charge on any atom is 0.237 e. The van der Waals surface area contributed by atoms with Crippen molar-refractivity contribution in [1.29, 1.82) is 10.5 Å². The number of nitrogens with zero attached hydrogens (tertiary/aromatic N) is 2. The lowest BCUT2D eigenvalue weighted by molar-refractivity contribution is 0.0799. The van der Waals surface area contributed by atoms with Crippen molar-refractivity contribution in [1.82, 2.24) is 0 Å².